The number of aliphatic carboxylic acids is 1. The van der Waals surface area contributed by atoms with Gasteiger partial charge in [-0.15, -0.1) is 0 Å². The van der Waals surface area contributed by atoms with Crippen LogP contribution in [-0.2, 0) is 10.2 Å². The predicted octanol–water partition coefficient (Wildman–Crippen LogP) is 1.61. The molecule has 0 spiro atoms. The Labute approximate surface area is 92.5 Å². The van der Waals surface area contributed by atoms with E-state index in [9.17, 15) is 19.4 Å². The first-order valence-corrected chi connectivity index (χ1v) is 5.14. The number of carboxylic acid groups (broad SMARTS) is 1. The summed E-state index contributed by atoms with van der Waals surface area (Å²) in [6.45, 7) is 1.75. The van der Waals surface area contributed by atoms with Gasteiger partial charge in [-0.25, -0.2) is 4.39 Å². The first-order chi connectivity index (χ1) is 7.45. The van der Waals surface area contributed by atoms with E-state index in [0.717, 1.165) is 5.56 Å². The van der Waals surface area contributed by atoms with Crippen LogP contribution >= 0.6 is 0 Å². The third-order valence-electron chi connectivity index (χ3n) is 3.22. The molecule has 0 unspecified atom stereocenters. The number of hydrogen-bond acceptors (Lipinski definition) is 2. The van der Waals surface area contributed by atoms with E-state index in [1.165, 1.54) is 12.1 Å². The topological polar surface area (TPSA) is 57.5 Å². The molecule has 0 bridgehead atoms. The fourth-order valence-corrected chi connectivity index (χ4v) is 2.26. The van der Waals surface area contributed by atoms with E-state index in [2.05, 4.69) is 0 Å². The summed E-state index contributed by atoms with van der Waals surface area (Å²) >= 11 is 0. The number of aliphatic hydroxyl groups excluding tert-OH is 1. The Hall–Kier alpha value is -1.42. The summed E-state index contributed by atoms with van der Waals surface area (Å²) in [5.41, 5.74) is -0.311. The molecule has 0 atom stereocenters. The van der Waals surface area contributed by atoms with E-state index >= 15 is 0 Å². The lowest BCUT2D eigenvalue weighted by molar-refractivity contribution is -0.153. The van der Waals surface area contributed by atoms with Gasteiger partial charge in [0.2, 0.25) is 0 Å². The smallest absolute Gasteiger partial charge is 0.314 e. The second-order valence-electron chi connectivity index (χ2n) is 4.43. The fourth-order valence-electron chi connectivity index (χ4n) is 2.26. The lowest BCUT2D eigenvalue weighted by Gasteiger charge is -2.42. The number of aryl methyl sites for hydroxylation is 1. The quantitative estimate of drug-likeness (QED) is 0.802. The molecular weight excluding hydrogens is 211 g/mol. The lowest BCUT2D eigenvalue weighted by Crippen LogP contribution is -2.51. The van der Waals surface area contributed by atoms with Crippen molar-refractivity contribution in [3.05, 3.63) is 35.1 Å². The molecule has 0 aromatic heterocycles. The van der Waals surface area contributed by atoms with Gasteiger partial charge in [-0.05, 0) is 31.4 Å². The number of carbonyl (C=O) groups is 1. The van der Waals surface area contributed by atoms with Crippen molar-refractivity contribution in [2.45, 2.75) is 31.3 Å². The molecule has 0 heterocycles. The number of aliphatic hydroxyl groups is 1. The van der Waals surface area contributed by atoms with Crippen LogP contribution in [0.5, 0.6) is 0 Å². The highest BCUT2D eigenvalue weighted by Gasteiger charge is 2.52. The molecule has 0 radical (unpaired) electrons. The van der Waals surface area contributed by atoms with E-state index in [-0.39, 0.29) is 18.4 Å². The summed E-state index contributed by atoms with van der Waals surface area (Å²) in [4.78, 5) is 11.2. The predicted molar refractivity (Wildman–Crippen MR) is 55.7 cm³/mol. The molecule has 86 valence electrons. The molecular formula is C12H13FO3. The molecule has 2 N–H and O–H groups in total. The molecule has 4 heteroatoms. The van der Waals surface area contributed by atoms with Crippen molar-refractivity contribution in [3.8, 4) is 0 Å². The summed E-state index contributed by atoms with van der Waals surface area (Å²) in [6, 6.07) is 4.52. The molecule has 0 amide bonds. The van der Waals surface area contributed by atoms with Gasteiger partial charge in [0.25, 0.3) is 0 Å². The Morgan fingerprint density at radius 3 is 2.56 bits per heavy atom. The molecule has 3 nitrogen and oxygen atoms in total. The van der Waals surface area contributed by atoms with Crippen molar-refractivity contribution in [2.75, 3.05) is 0 Å². The molecule has 1 aliphatic rings. The number of rotatable bonds is 2. The van der Waals surface area contributed by atoms with Crippen LogP contribution in [0.3, 0.4) is 0 Å². The third kappa shape index (κ3) is 1.50. The molecule has 1 aromatic rings. The second-order valence-corrected chi connectivity index (χ2v) is 4.43. The highest BCUT2D eigenvalue weighted by Crippen LogP contribution is 2.45. The summed E-state index contributed by atoms with van der Waals surface area (Å²) < 4.78 is 13.7. The molecule has 2 rings (SSSR count). The molecule has 0 saturated heterocycles. The maximum absolute atomic E-state index is 13.7. The summed E-state index contributed by atoms with van der Waals surface area (Å²) in [5.74, 6) is -1.57. The zero-order chi connectivity index (χ0) is 11.9. The normalized spacial score (nSPS) is 28.6. The van der Waals surface area contributed by atoms with Crippen molar-refractivity contribution in [2.24, 2.45) is 0 Å². The van der Waals surface area contributed by atoms with E-state index in [0.29, 0.717) is 0 Å². The second kappa shape index (κ2) is 3.56. The Bertz CT molecular complexity index is 436. The molecule has 1 fully saturated rings. The Kier molecular flexibility index (Phi) is 2.46. The zero-order valence-corrected chi connectivity index (χ0v) is 8.90. The SMILES string of the molecule is Cc1ccc(C2(C(=O)O)CC(O)C2)c(F)c1. The monoisotopic (exact) mass is 224 g/mol. The number of carboxylic acids is 1. The maximum atomic E-state index is 13.7. The first-order valence-electron chi connectivity index (χ1n) is 5.14. The van der Waals surface area contributed by atoms with Gasteiger partial charge in [0, 0.05) is 5.56 Å². The van der Waals surface area contributed by atoms with Gasteiger partial charge >= 0.3 is 5.97 Å². The zero-order valence-electron chi connectivity index (χ0n) is 8.90. The highest BCUT2D eigenvalue weighted by atomic mass is 19.1. The van der Waals surface area contributed by atoms with Gasteiger partial charge in [-0.3, -0.25) is 4.79 Å². The minimum atomic E-state index is -1.24. The summed E-state index contributed by atoms with van der Waals surface area (Å²) in [6.07, 6.45) is -0.471. The molecule has 0 aliphatic heterocycles. The van der Waals surface area contributed by atoms with Gasteiger partial charge in [0.1, 0.15) is 11.2 Å². The van der Waals surface area contributed by atoms with Crippen LogP contribution in [0.15, 0.2) is 18.2 Å². The lowest BCUT2D eigenvalue weighted by atomic mass is 9.62. The average molecular weight is 224 g/mol. The Balaban J connectivity index is 2.45. The largest absolute Gasteiger partial charge is 0.481 e. The Morgan fingerprint density at radius 1 is 1.50 bits per heavy atom. The summed E-state index contributed by atoms with van der Waals surface area (Å²) in [5, 5.41) is 18.4. The van der Waals surface area contributed by atoms with Crippen molar-refractivity contribution in [1.29, 1.82) is 0 Å². The van der Waals surface area contributed by atoms with Crippen LogP contribution in [0.25, 0.3) is 0 Å². The van der Waals surface area contributed by atoms with Crippen LogP contribution in [0.1, 0.15) is 24.0 Å². The van der Waals surface area contributed by atoms with Crippen LogP contribution in [0.4, 0.5) is 4.39 Å². The fraction of sp³-hybridized carbons (Fsp3) is 0.417. The third-order valence-corrected chi connectivity index (χ3v) is 3.22. The minimum absolute atomic E-state index is 0.0856. The van der Waals surface area contributed by atoms with Crippen molar-refractivity contribution >= 4 is 5.97 Å². The van der Waals surface area contributed by atoms with E-state index < -0.39 is 23.3 Å². The van der Waals surface area contributed by atoms with Crippen LogP contribution in [0.2, 0.25) is 0 Å². The Morgan fingerprint density at radius 2 is 2.12 bits per heavy atom. The van der Waals surface area contributed by atoms with E-state index in [4.69, 9.17) is 0 Å². The number of benzene rings is 1. The molecule has 1 aromatic carbocycles. The minimum Gasteiger partial charge on any atom is -0.481 e. The standard InChI is InChI=1S/C12H13FO3/c1-7-2-3-9(10(13)4-7)12(11(15)16)5-8(14)6-12/h2-4,8,14H,5-6H2,1H3,(H,15,16). The van der Waals surface area contributed by atoms with Crippen LogP contribution < -0.4 is 0 Å². The van der Waals surface area contributed by atoms with Crippen molar-refractivity contribution < 1.29 is 19.4 Å². The number of halogens is 1. The van der Waals surface area contributed by atoms with Crippen molar-refractivity contribution in [1.82, 2.24) is 0 Å². The van der Waals surface area contributed by atoms with E-state index in [1.54, 1.807) is 13.0 Å². The maximum Gasteiger partial charge on any atom is 0.314 e. The number of hydrogen-bond donors (Lipinski definition) is 2. The van der Waals surface area contributed by atoms with Gasteiger partial charge in [-0.2, -0.15) is 0 Å². The molecule has 16 heavy (non-hydrogen) atoms. The van der Waals surface area contributed by atoms with Gasteiger partial charge in [-0.1, -0.05) is 12.1 Å². The van der Waals surface area contributed by atoms with Crippen LogP contribution in [-0.4, -0.2) is 22.3 Å². The van der Waals surface area contributed by atoms with Gasteiger partial charge in [0.15, 0.2) is 0 Å². The first kappa shape index (κ1) is 11.1. The summed E-state index contributed by atoms with van der Waals surface area (Å²) in [7, 11) is 0. The van der Waals surface area contributed by atoms with Crippen LogP contribution in [0, 0.1) is 12.7 Å². The van der Waals surface area contributed by atoms with Crippen molar-refractivity contribution in [3.63, 3.8) is 0 Å². The molecule has 1 saturated carbocycles. The van der Waals surface area contributed by atoms with Gasteiger partial charge < -0.3 is 10.2 Å². The van der Waals surface area contributed by atoms with E-state index in [1.807, 2.05) is 0 Å². The van der Waals surface area contributed by atoms with Gasteiger partial charge in [0.05, 0.1) is 6.10 Å². The molecule has 1 aliphatic carbocycles. The highest BCUT2D eigenvalue weighted by molar-refractivity contribution is 5.83. The average Bonchev–Trinajstić information content (AvgIpc) is 2.12.